The van der Waals surface area contributed by atoms with Crippen molar-refractivity contribution in [3.05, 3.63) is 23.4 Å². The maximum Gasteiger partial charge on any atom is 0.129 e. The second kappa shape index (κ2) is 6.43. The van der Waals surface area contributed by atoms with Crippen LogP contribution in [0.1, 0.15) is 56.7 Å². The highest BCUT2D eigenvalue weighted by molar-refractivity contribution is 5.47. The van der Waals surface area contributed by atoms with Crippen molar-refractivity contribution in [2.75, 3.05) is 31.5 Å². The molecule has 1 saturated heterocycles. The van der Waals surface area contributed by atoms with E-state index < -0.39 is 0 Å². The number of unbranched alkanes of at least 4 members (excludes halogenated alkanes) is 1. The lowest BCUT2D eigenvalue weighted by atomic mass is 9.56. The molecule has 1 spiro atoms. The summed E-state index contributed by atoms with van der Waals surface area (Å²) >= 11 is 0. The fraction of sp³-hybridized carbons (Fsp3) is 0.750. The van der Waals surface area contributed by atoms with E-state index in [2.05, 4.69) is 29.3 Å². The summed E-state index contributed by atoms with van der Waals surface area (Å²) in [6.07, 6.45) is 10.6. The first-order valence-corrected chi connectivity index (χ1v) is 9.71. The number of nitrogens with zero attached hydrogens (tertiary/aromatic N) is 2. The minimum Gasteiger partial charge on any atom is -0.370 e. The zero-order valence-electron chi connectivity index (χ0n) is 14.6. The molecule has 0 bridgehead atoms. The average Bonchev–Trinajstić information content (AvgIpc) is 2.51. The second-order valence-electron chi connectivity index (χ2n) is 8.22. The van der Waals surface area contributed by atoms with Gasteiger partial charge in [-0.25, -0.2) is 4.98 Å². The lowest BCUT2D eigenvalue weighted by molar-refractivity contribution is -0.0958. The van der Waals surface area contributed by atoms with Crippen LogP contribution < -0.4 is 5.32 Å². The Kier molecular flexibility index (Phi) is 4.31. The Hall–Kier alpha value is -1.09. The molecule has 126 valence electrons. The summed E-state index contributed by atoms with van der Waals surface area (Å²) in [5.74, 6) is 2.11. The number of hydrogen-bond donors (Lipinski definition) is 1. The van der Waals surface area contributed by atoms with E-state index in [1.165, 1.54) is 75.8 Å². The van der Waals surface area contributed by atoms with Crippen LogP contribution in [0.4, 0.5) is 5.82 Å². The number of hydrogen-bond acceptors (Lipinski definition) is 3. The van der Waals surface area contributed by atoms with Crippen molar-refractivity contribution in [3.8, 4) is 0 Å². The van der Waals surface area contributed by atoms with Gasteiger partial charge in [-0.1, -0.05) is 19.4 Å². The fourth-order valence-corrected chi connectivity index (χ4v) is 4.93. The molecule has 2 aliphatic heterocycles. The topological polar surface area (TPSA) is 28.2 Å². The standard InChI is InChI=1S/C20H31N3/c1-2-3-11-23-14-20(15-23)12-16(13-20)6-8-18-9-7-17-5-4-10-21-19(17)22-18/h7,9,16H,2-6,8,10-15H2,1H3,(H,21,22). The van der Waals surface area contributed by atoms with Gasteiger partial charge in [0.1, 0.15) is 5.82 Å². The van der Waals surface area contributed by atoms with E-state index in [1.807, 2.05) is 0 Å². The minimum absolute atomic E-state index is 0.725. The van der Waals surface area contributed by atoms with Gasteiger partial charge in [0.05, 0.1) is 0 Å². The van der Waals surface area contributed by atoms with Crippen LogP contribution in [-0.2, 0) is 12.8 Å². The molecule has 1 N–H and O–H groups in total. The van der Waals surface area contributed by atoms with Gasteiger partial charge in [-0.05, 0) is 74.5 Å². The van der Waals surface area contributed by atoms with Gasteiger partial charge in [-0.15, -0.1) is 0 Å². The zero-order chi connectivity index (χ0) is 15.7. The Bertz CT molecular complexity index is 540. The van der Waals surface area contributed by atoms with Gasteiger partial charge in [0.2, 0.25) is 0 Å². The highest BCUT2D eigenvalue weighted by Crippen LogP contribution is 2.53. The van der Waals surface area contributed by atoms with Crippen molar-refractivity contribution < 1.29 is 0 Å². The van der Waals surface area contributed by atoms with Crippen LogP contribution in [0.2, 0.25) is 0 Å². The Balaban J connectivity index is 1.20. The number of nitrogens with one attached hydrogen (secondary N) is 1. The Labute approximate surface area is 140 Å². The zero-order valence-corrected chi connectivity index (χ0v) is 14.6. The van der Waals surface area contributed by atoms with Gasteiger partial charge >= 0.3 is 0 Å². The predicted molar refractivity (Wildman–Crippen MR) is 95.9 cm³/mol. The first kappa shape index (κ1) is 15.4. The first-order valence-electron chi connectivity index (χ1n) is 9.71. The van der Waals surface area contributed by atoms with E-state index in [-0.39, 0.29) is 0 Å². The number of aryl methyl sites for hydroxylation is 2. The molecule has 23 heavy (non-hydrogen) atoms. The van der Waals surface area contributed by atoms with Gasteiger partial charge in [0.25, 0.3) is 0 Å². The van der Waals surface area contributed by atoms with Crippen molar-refractivity contribution in [3.63, 3.8) is 0 Å². The number of fused-ring (bicyclic) bond motifs is 1. The quantitative estimate of drug-likeness (QED) is 0.864. The molecule has 1 aromatic rings. The lowest BCUT2D eigenvalue weighted by Gasteiger charge is -2.59. The maximum atomic E-state index is 4.84. The number of aromatic nitrogens is 1. The monoisotopic (exact) mass is 313 g/mol. The second-order valence-corrected chi connectivity index (χ2v) is 8.22. The molecule has 1 saturated carbocycles. The minimum atomic E-state index is 0.725. The molecule has 3 aliphatic rings. The van der Waals surface area contributed by atoms with Crippen molar-refractivity contribution in [1.82, 2.24) is 9.88 Å². The van der Waals surface area contributed by atoms with Crippen LogP contribution in [-0.4, -0.2) is 36.1 Å². The van der Waals surface area contributed by atoms with Crippen molar-refractivity contribution in [2.45, 2.75) is 58.3 Å². The van der Waals surface area contributed by atoms with Crippen LogP contribution in [0.15, 0.2) is 12.1 Å². The molecule has 0 amide bonds. The van der Waals surface area contributed by atoms with E-state index in [0.717, 1.165) is 30.1 Å². The third-order valence-electron chi connectivity index (χ3n) is 6.15. The molecular formula is C20H31N3. The van der Waals surface area contributed by atoms with Crippen LogP contribution >= 0.6 is 0 Å². The smallest absolute Gasteiger partial charge is 0.129 e. The molecule has 1 aromatic heterocycles. The predicted octanol–water partition coefficient (Wildman–Crippen LogP) is 3.88. The van der Waals surface area contributed by atoms with Crippen LogP contribution in [0.3, 0.4) is 0 Å². The lowest BCUT2D eigenvalue weighted by Crippen LogP contribution is -2.62. The normalized spacial score (nSPS) is 23.0. The molecule has 3 nitrogen and oxygen atoms in total. The van der Waals surface area contributed by atoms with Crippen molar-refractivity contribution >= 4 is 5.82 Å². The summed E-state index contributed by atoms with van der Waals surface area (Å²) in [5.41, 5.74) is 3.42. The number of rotatable bonds is 6. The van der Waals surface area contributed by atoms with Gasteiger partial charge in [-0.3, -0.25) is 0 Å². The molecule has 0 unspecified atom stereocenters. The molecular weight excluding hydrogens is 282 g/mol. The molecule has 0 atom stereocenters. The summed E-state index contributed by atoms with van der Waals surface area (Å²) in [4.78, 5) is 7.50. The first-order chi connectivity index (χ1) is 11.3. The van der Waals surface area contributed by atoms with E-state index >= 15 is 0 Å². The molecule has 0 aromatic carbocycles. The molecule has 3 heterocycles. The van der Waals surface area contributed by atoms with Gasteiger partial charge in [0.15, 0.2) is 0 Å². The summed E-state index contributed by atoms with van der Waals surface area (Å²) in [5, 5.41) is 3.45. The maximum absolute atomic E-state index is 4.84. The Morgan fingerprint density at radius 2 is 2.17 bits per heavy atom. The molecule has 2 fully saturated rings. The largest absolute Gasteiger partial charge is 0.370 e. The van der Waals surface area contributed by atoms with Gasteiger partial charge < -0.3 is 10.2 Å². The Morgan fingerprint density at radius 3 is 3.00 bits per heavy atom. The molecule has 3 heteroatoms. The van der Waals surface area contributed by atoms with Crippen LogP contribution in [0.5, 0.6) is 0 Å². The summed E-state index contributed by atoms with van der Waals surface area (Å²) in [6.45, 7) is 7.46. The summed E-state index contributed by atoms with van der Waals surface area (Å²) in [6, 6.07) is 4.56. The van der Waals surface area contributed by atoms with Crippen LogP contribution in [0.25, 0.3) is 0 Å². The Morgan fingerprint density at radius 1 is 1.30 bits per heavy atom. The van der Waals surface area contributed by atoms with Gasteiger partial charge in [0, 0.05) is 25.3 Å². The fourth-order valence-electron chi connectivity index (χ4n) is 4.93. The highest BCUT2D eigenvalue weighted by atomic mass is 15.2. The molecule has 0 radical (unpaired) electrons. The van der Waals surface area contributed by atoms with Crippen LogP contribution in [0, 0.1) is 11.3 Å². The third-order valence-corrected chi connectivity index (χ3v) is 6.15. The SMILES string of the molecule is CCCCN1CC2(CC(CCc3ccc4c(n3)NCCC4)C2)C1. The summed E-state index contributed by atoms with van der Waals surface area (Å²) < 4.78 is 0. The third kappa shape index (κ3) is 3.26. The van der Waals surface area contributed by atoms with Crippen molar-refractivity contribution in [1.29, 1.82) is 0 Å². The van der Waals surface area contributed by atoms with E-state index in [9.17, 15) is 0 Å². The molecule has 1 aliphatic carbocycles. The van der Waals surface area contributed by atoms with E-state index in [0.29, 0.717) is 0 Å². The van der Waals surface area contributed by atoms with Crippen molar-refractivity contribution in [2.24, 2.45) is 11.3 Å². The van der Waals surface area contributed by atoms with E-state index in [4.69, 9.17) is 4.98 Å². The van der Waals surface area contributed by atoms with Gasteiger partial charge in [-0.2, -0.15) is 0 Å². The van der Waals surface area contributed by atoms with E-state index in [1.54, 1.807) is 0 Å². The number of pyridine rings is 1. The number of anilines is 1. The molecule has 4 rings (SSSR count). The summed E-state index contributed by atoms with van der Waals surface area (Å²) in [7, 11) is 0. The number of likely N-dealkylation sites (tertiary alicyclic amines) is 1. The average molecular weight is 313 g/mol. The highest BCUT2D eigenvalue weighted by Gasteiger charge is 2.51.